The Morgan fingerprint density at radius 1 is 1.00 bits per heavy atom. The molecule has 9 nitrogen and oxygen atoms in total. The molecule has 0 unspecified atom stereocenters. The number of ether oxygens (including phenoxy) is 2. The molecule has 4 rings (SSSR count). The third-order valence-electron chi connectivity index (χ3n) is 4.91. The van der Waals surface area contributed by atoms with Gasteiger partial charge in [-0.15, -0.1) is 0 Å². The van der Waals surface area contributed by atoms with Crippen molar-refractivity contribution in [2.75, 3.05) is 13.7 Å². The highest BCUT2D eigenvalue weighted by Gasteiger charge is 2.17. The van der Waals surface area contributed by atoms with Gasteiger partial charge in [0.2, 0.25) is 0 Å². The number of rotatable bonds is 7. The number of amides is 3. The number of urea groups is 1. The van der Waals surface area contributed by atoms with Gasteiger partial charge in [-0.2, -0.15) is 0 Å². The Kier molecular flexibility index (Phi) is 6.83. The SMILES string of the molecule is COc1ccc(-c2cc(C(=O)OCC(=O)NC(=O)NCc3ccco3)c3ccccc3n2)cc1. The summed E-state index contributed by atoms with van der Waals surface area (Å²) in [6, 6.07) is 18.6. The highest BCUT2D eigenvalue weighted by atomic mass is 16.5. The first-order valence-corrected chi connectivity index (χ1v) is 10.3. The van der Waals surface area contributed by atoms with E-state index in [1.54, 1.807) is 55.6 Å². The minimum Gasteiger partial charge on any atom is -0.497 e. The van der Waals surface area contributed by atoms with E-state index >= 15 is 0 Å². The van der Waals surface area contributed by atoms with Gasteiger partial charge in [-0.05, 0) is 48.5 Å². The largest absolute Gasteiger partial charge is 0.497 e. The number of carbonyl (C=O) groups excluding carboxylic acids is 3. The number of nitrogens with one attached hydrogen (secondary N) is 2. The average molecular weight is 459 g/mol. The van der Waals surface area contributed by atoms with Crippen LogP contribution in [0.1, 0.15) is 16.1 Å². The fourth-order valence-electron chi connectivity index (χ4n) is 3.25. The predicted molar refractivity (Wildman–Crippen MR) is 123 cm³/mol. The van der Waals surface area contributed by atoms with E-state index in [9.17, 15) is 14.4 Å². The summed E-state index contributed by atoms with van der Waals surface area (Å²) in [5, 5.41) is 5.16. The van der Waals surface area contributed by atoms with Gasteiger partial charge in [0.15, 0.2) is 6.61 Å². The second-order valence-electron chi connectivity index (χ2n) is 7.19. The first kappa shape index (κ1) is 22.5. The molecule has 0 radical (unpaired) electrons. The monoisotopic (exact) mass is 459 g/mol. The summed E-state index contributed by atoms with van der Waals surface area (Å²) in [5.41, 5.74) is 2.21. The summed E-state index contributed by atoms with van der Waals surface area (Å²) in [5.74, 6) is -0.242. The molecule has 2 heterocycles. The van der Waals surface area contributed by atoms with Gasteiger partial charge in [-0.1, -0.05) is 18.2 Å². The highest BCUT2D eigenvalue weighted by Crippen LogP contribution is 2.26. The third-order valence-corrected chi connectivity index (χ3v) is 4.91. The van der Waals surface area contributed by atoms with Crippen LogP contribution in [-0.2, 0) is 16.1 Å². The zero-order valence-electron chi connectivity index (χ0n) is 18.2. The predicted octanol–water partition coefficient (Wildman–Crippen LogP) is 3.69. The van der Waals surface area contributed by atoms with Crippen LogP contribution in [0.2, 0.25) is 0 Å². The van der Waals surface area contributed by atoms with Crippen molar-refractivity contribution in [2.45, 2.75) is 6.54 Å². The molecule has 2 aromatic carbocycles. The molecule has 2 aromatic heterocycles. The number of para-hydroxylation sites is 1. The molecule has 0 saturated heterocycles. The summed E-state index contributed by atoms with van der Waals surface area (Å²) in [6.45, 7) is -0.509. The Bertz CT molecular complexity index is 1320. The van der Waals surface area contributed by atoms with Crippen LogP contribution >= 0.6 is 0 Å². The van der Waals surface area contributed by atoms with Gasteiger partial charge >= 0.3 is 12.0 Å². The lowest BCUT2D eigenvalue weighted by Crippen LogP contribution is -2.41. The topological polar surface area (TPSA) is 120 Å². The van der Waals surface area contributed by atoms with E-state index < -0.39 is 24.5 Å². The van der Waals surface area contributed by atoms with E-state index in [0.29, 0.717) is 28.1 Å². The molecule has 3 amide bonds. The minimum atomic E-state index is -0.765. The van der Waals surface area contributed by atoms with Crippen LogP contribution in [0.4, 0.5) is 4.79 Å². The van der Waals surface area contributed by atoms with Crippen LogP contribution in [0.15, 0.2) is 77.4 Å². The summed E-state index contributed by atoms with van der Waals surface area (Å²) in [6.07, 6.45) is 1.47. The number of imide groups is 1. The number of hydrogen-bond acceptors (Lipinski definition) is 7. The second kappa shape index (κ2) is 10.3. The Labute approximate surface area is 194 Å². The summed E-state index contributed by atoms with van der Waals surface area (Å²) < 4.78 is 15.5. The smallest absolute Gasteiger partial charge is 0.339 e. The summed E-state index contributed by atoms with van der Waals surface area (Å²) >= 11 is 0. The molecule has 0 aliphatic rings. The van der Waals surface area contributed by atoms with Crippen molar-refractivity contribution in [3.05, 3.63) is 84.3 Å². The quantitative estimate of drug-likeness (QED) is 0.405. The lowest BCUT2D eigenvalue weighted by atomic mass is 10.0. The highest BCUT2D eigenvalue weighted by molar-refractivity contribution is 6.05. The average Bonchev–Trinajstić information content (AvgIpc) is 3.39. The van der Waals surface area contributed by atoms with Crippen LogP contribution in [0.25, 0.3) is 22.2 Å². The van der Waals surface area contributed by atoms with Crippen molar-refractivity contribution >= 4 is 28.8 Å². The molecular formula is C25H21N3O6. The Hall–Kier alpha value is -4.66. The molecule has 4 aromatic rings. The van der Waals surface area contributed by atoms with Gasteiger partial charge in [0.05, 0.1) is 36.7 Å². The first-order chi connectivity index (χ1) is 16.5. The normalized spacial score (nSPS) is 10.5. The van der Waals surface area contributed by atoms with E-state index in [1.165, 1.54) is 6.26 Å². The molecule has 0 fully saturated rings. The number of carbonyl (C=O) groups is 3. The lowest BCUT2D eigenvalue weighted by molar-refractivity contribution is -0.123. The van der Waals surface area contributed by atoms with Crippen molar-refractivity contribution in [3.8, 4) is 17.0 Å². The van der Waals surface area contributed by atoms with Gasteiger partial charge in [-0.3, -0.25) is 10.1 Å². The number of nitrogens with zero attached hydrogens (tertiary/aromatic N) is 1. The zero-order chi connectivity index (χ0) is 23.9. The molecule has 2 N–H and O–H groups in total. The van der Waals surface area contributed by atoms with Gasteiger partial charge in [0.1, 0.15) is 11.5 Å². The Morgan fingerprint density at radius 3 is 2.53 bits per heavy atom. The number of esters is 1. The molecule has 0 spiro atoms. The molecule has 34 heavy (non-hydrogen) atoms. The molecule has 172 valence electrons. The van der Waals surface area contributed by atoms with Crippen LogP contribution in [0.5, 0.6) is 5.75 Å². The third kappa shape index (κ3) is 5.39. The Morgan fingerprint density at radius 2 is 1.79 bits per heavy atom. The molecule has 0 aliphatic heterocycles. The summed E-state index contributed by atoms with van der Waals surface area (Å²) in [7, 11) is 1.58. The molecule has 0 saturated carbocycles. The maximum absolute atomic E-state index is 12.9. The van der Waals surface area contributed by atoms with Crippen LogP contribution < -0.4 is 15.4 Å². The minimum absolute atomic E-state index is 0.114. The van der Waals surface area contributed by atoms with Crippen LogP contribution in [0.3, 0.4) is 0 Å². The molecule has 9 heteroatoms. The molecule has 0 atom stereocenters. The van der Waals surface area contributed by atoms with Crippen molar-refractivity contribution in [3.63, 3.8) is 0 Å². The van der Waals surface area contributed by atoms with E-state index in [-0.39, 0.29) is 12.1 Å². The van der Waals surface area contributed by atoms with Gasteiger partial charge in [-0.25, -0.2) is 14.6 Å². The maximum Gasteiger partial charge on any atom is 0.339 e. The van der Waals surface area contributed by atoms with Crippen molar-refractivity contribution in [1.29, 1.82) is 0 Å². The van der Waals surface area contributed by atoms with Crippen molar-refractivity contribution in [1.82, 2.24) is 15.6 Å². The van der Waals surface area contributed by atoms with Crippen LogP contribution in [-0.4, -0.2) is 36.6 Å². The zero-order valence-corrected chi connectivity index (χ0v) is 18.2. The number of fused-ring (bicyclic) bond motifs is 1. The Balaban J connectivity index is 1.44. The first-order valence-electron chi connectivity index (χ1n) is 10.3. The second-order valence-corrected chi connectivity index (χ2v) is 7.19. The maximum atomic E-state index is 12.9. The number of pyridine rings is 1. The summed E-state index contributed by atoms with van der Waals surface area (Å²) in [4.78, 5) is 41.4. The van der Waals surface area contributed by atoms with E-state index in [2.05, 4.69) is 15.6 Å². The number of hydrogen-bond donors (Lipinski definition) is 2. The number of methoxy groups -OCH3 is 1. The van der Waals surface area contributed by atoms with Crippen LogP contribution in [0, 0.1) is 0 Å². The van der Waals surface area contributed by atoms with Gasteiger partial charge in [0, 0.05) is 10.9 Å². The fourth-order valence-corrected chi connectivity index (χ4v) is 3.25. The fraction of sp³-hybridized carbons (Fsp3) is 0.120. The number of aromatic nitrogens is 1. The molecule has 0 aliphatic carbocycles. The van der Waals surface area contributed by atoms with Gasteiger partial charge < -0.3 is 19.2 Å². The number of furan rings is 1. The van der Waals surface area contributed by atoms with Gasteiger partial charge in [0.25, 0.3) is 5.91 Å². The molecule has 0 bridgehead atoms. The van der Waals surface area contributed by atoms with Crippen molar-refractivity contribution < 1.29 is 28.3 Å². The van der Waals surface area contributed by atoms with E-state index in [4.69, 9.17) is 13.9 Å². The number of benzene rings is 2. The molecular weight excluding hydrogens is 438 g/mol. The lowest BCUT2D eigenvalue weighted by Gasteiger charge is -2.11. The van der Waals surface area contributed by atoms with E-state index in [1.807, 2.05) is 18.2 Å². The van der Waals surface area contributed by atoms with E-state index in [0.717, 1.165) is 5.56 Å². The standard InChI is InChI=1S/C25H21N3O6/c1-32-17-10-8-16(9-11-17)22-13-20(19-6-2-3-7-21(19)27-22)24(30)34-15-23(29)28-25(31)26-14-18-5-4-12-33-18/h2-13H,14-15H2,1H3,(H2,26,28,29,31). The van der Waals surface area contributed by atoms with Crippen molar-refractivity contribution in [2.24, 2.45) is 0 Å².